The highest BCUT2D eigenvalue weighted by atomic mass is 16.4. The monoisotopic (exact) mass is 465 g/mol. The van der Waals surface area contributed by atoms with Crippen molar-refractivity contribution < 1.29 is 15.0 Å². The Bertz CT molecular complexity index is 1350. The van der Waals surface area contributed by atoms with Gasteiger partial charge in [0.05, 0.1) is 11.2 Å². The normalized spacial score (nSPS) is 16.9. The van der Waals surface area contributed by atoms with E-state index in [9.17, 15) is 19.8 Å². The molecule has 0 amide bonds. The van der Waals surface area contributed by atoms with Crippen LogP contribution in [0.4, 0.5) is 0 Å². The number of aliphatic hydroxyl groups is 1. The fourth-order valence-corrected chi connectivity index (χ4v) is 4.76. The molecule has 0 aliphatic heterocycles. The number of fused-ring (bicyclic) bond motifs is 1. The number of aromatic nitrogens is 1. The summed E-state index contributed by atoms with van der Waals surface area (Å²) >= 11 is 0. The Hall–Kier alpha value is -4.14. The first-order valence-corrected chi connectivity index (χ1v) is 11.5. The summed E-state index contributed by atoms with van der Waals surface area (Å²) in [5, 5.41) is 21.3. The molecule has 1 atom stereocenters. The van der Waals surface area contributed by atoms with Gasteiger partial charge in [-0.2, -0.15) is 0 Å². The van der Waals surface area contributed by atoms with Crippen LogP contribution in [0.2, 0.25) is 0 Å². The average Bonchev–Trinajstić information content (AvgIpc) is 2.85. The number of aromatic carboxylic acids is 1. The van der Waals surface area contributed by atoms with Gasteiger partial charge >= 0.3 is 5.97 Å². The molecule has 5 heteroatoms. The molecule has 0 bridgehead atoms. The van der Waals surface area contributed by atoms with Gasteiger partial charge in [0.1, 0.15) is 5.56 Å². The average molecular weight is 466 g/mol. The third-order valence-corrected chi connectivity index (χ3v) is 6.38. The summed E-state index contributed by atoms with van der Waals surface area (Å²) in [4.78, 5) is 25.2. The van der Waals surface area contributed by atoms with Gasteiger partial charge in [-0.3, -0.25) is 4.79 Å². The number of hydrogen-bond donors (Lipinski definition) is 2. The Morgan fingerprint density at radius 1 is 1.17 bits per heavy atom. The quantitative estimate of drug-likeness (QED) is 0.455. The lowest BCUT2D eigenvalue weighted by Crippen LogP contribution is -2.40. The zero-order valence-electron chi connectivity index (χ0n) is 19.5. The molecule has 2 aromatic carbocycles. The third-order valence-electron chi connectivity index (χ3n) is 6.38. The Morgan fingerprint density at radius 3 is 2.60 bits per heavy atom. The van der Waals surface area contributed by atoms with Gasteiger partial charge in [0.2, 0.25) is 5.43 Å². The third kappa shape index (κ3) is 5.03. The van der Waals surface area contributed by atoms with Crippen LogP contribution in [0.3, 0.4) is 0 Å². The molecule has 176 valence electrons. The Kier molecular flexibility index (Phi) is 6.86. The van der Waals surface area contributed by atoms with E-state index in [1.165, 1.54) is 6.20 Å². The lowest BCUT2D eigenvalue weighted by molar-refractivity contribution is 0.0172. The molecule has 1 aromatic heterocycles. The van der Waals surface area contributed by atoms with Crippen molar-refractivity contribution in [3.63, 3.8) is 0 Å². The van der Waals surface area contributed by atoms with Gasteiger partial charge in [-0.05, 0) is 54.2 Å². The number of benzene rings is 1. The zero-order chi connectivity index (χ0) is 25.0. The summed E-state index contributed by atoms with van der Waals surface area (Å²) in [6.07, 6.45) is 8.23. The topological polar surface area (TPSA) is 79.5 Å². The van der Waals surface area contributed by atoms with E-state index in [0.29, 0.717) is 37.1 Å². The summed E-state index contributed by atoms with van der Waals surface area (Å²) < 4.78 is 1.80. The largest absolute Gasteiger partial charge is 0.477 e. The van der Waals surface area contributed by atoms with Gasteiger partial charge in [-0.15, -0.1) is 0 Å². The highest BCUT2D eigenvalue weighted by molar-refractivity contribution is 5.87. The SMILES string of the molecule is C=C/C=C\C(=C)CC1(O)CCCc2c1c(=O)c(C(=O)O)cn2Cc1ccc(-c2cc#ccc2)cc1. The van der Waals surface area contributed by atoms with Crippen LogP contribution in [0.25, 0.3) is 11.1 Å². The van der Waals surface area contributed by atoms with Crippen molar-refractivity contribution >= 4 is 5.97 Å². The number of allylic oxidation sites excluding steroid dienone is 3. The van der Waals surface area contributed by atoms with E-state index in [4.69, 9.17) is 0 Å². The standard InChI is InChI=1S/C30H27NO4/c1-3-4-9-21(2)18-30(35)17-8-12-26-27(30)28(32)25(29(33)34)20-31(26)19-22-13-15-24(16-14-22)23-10-6-5-7-11-23/h3-4,6,9-11,13-16,20,35H,1-2,8,12,17-19H2,(H,33,34)/b9-4-. The molecule has 1 aliphatic carbocycles. The second kappa shape index (κ2) is 10.0. The summed E-state index contributed by atoms with van der Waals surface area (Å²) in [5.41, 5.74) is 2.05. The number of nitrogens with zero attached hydrogens (tertiary/aromatic N) is 1. The maximum absolute atomic E-state index is 13.2. The van der Waals surface area contributed by atoms with Crippen molar-refractivity contribution in [1.29, 1.82) is 0 Å². The van der Waals surface area contributed by atoms with E-state index in [0.717, 1.165) is 16.7 Å². The molecule has 0 saturated heterocycles. The van der Waals surface area contributed by atoms with E-state index in [1.807, 2.05) is 42.5 Å². The molecule has 35 heavy (non-hydrogen) atoms. The van der Waals surface area contributed by atoms with Crippen molar-refractivity contribution in [2.45, 2.75) is 37.8 Å². The number of carbonyl (C=O) groups is 1. The van der Waals surface area contributed by atoms with Gasteiger partial charge < -0.3 is 14.8 Å². The van der Waals surface area contributed by atoms with Gasteiger partial charge in [0.15, 0.2) is 0 Å². The van der Waals surface area contributed by atoms with Crippen molar-refractivity contribution in [1.82, 2.24) is 4.57 Å². The van der Waals surface area contributed by atoms with Crippen molar-refractivity contribution in [2.75, 3.05) is 0 Å². The van der Waals surface area contributed by atoms with E-state index in [1.54, 1.807) is 22.8 Å². The van der Waals surface area contributed by atoms with Crippen LogP contribution in [0.15, 0.2) is 90.4 Å². The first-order valence-electron chi connectivity index (χ1n) is 11.5. The number of rotatable bonds is 8. The lowest BCUT2D eigenvalue weighted by Gasteiger charge is -2.36. The highest BCUT2D eigenvalue weighted by Crippen LogP contribution is 2.38. The Labute approximate surface area is 205 Å². The summed E-state index contributed by atoms with van der Waals surface area (Å²) in [5.74, 6) is -1.31. The summed E-state index contributed by atoms with van der Waals surface area (Å²) in [7, 11) is 0. The first kappa shape index (κ1) is 24.0. The summed E-state index contributed by atoms with van der Waals surface area (Å²) in [6.45, 7) is 8.01. The van der Waals surface area contributed by atoms with Crippen LogP contribution < -0.4 is 5.43 Å². The maximum Gasteiger partial charge on any atom is 0.341 e. The predicted octanol–water partition coefficient (Wildman–Crippen LogP) is 5.07. The highest BCUT2D eigenvalue weighted by Gasteiger charge is 2.39. The molecule has 3 aromatic rings. The molecular formula is C30H27NO4. The lowest BCUT2D eigenvalue weighted by atomic mass is 9.76. The molecular weight excluding hydrogens is 438 g/mol. The van der Waals surface area contributed by atoms with Gasteiger partial charge in [-0.1, -0.05) is 73.4 Å². The first-order chi connectivity index (χ1) is 16.8. The van der Waals surface area contributed by atoms with Gasteiger partial charge in [-0.25, -0.2) is 4.79 Å². The molecule has 5 nitrogen and oxygen atoms in total. The molecule has 1 unspecified atom stereocenters. The fourth-order valence-electron chi connectivity index (χ4n) is 4.76. The zero-order valence-corrected chi connectivity index (χ0v) is 19.5. The van der Waals surface area contributed by atoms with Crippen LogP contribution in [-0.4, -0.2) is 20.7 Å². The minimum Gasteiger partial charge on any atom is -0.477 e. The van der Waals surface area contributed by atoms with E-state index in [-0.39, 0.29) is 17.5 Å². The van der Waals surface area contributed by atoms with Crippen molar-refractivity contribution in [2.24, 2.45) is 0 Å². The molecule has 0 radical (unpaired) electrons. The van der Waals surface area contributed by atoms with E-state index < -0.39 is 17.0 Å². The van der Waals surface area contributed by atoms with Gasteiger partial charge in [0, 0.05) is 24.9 Å². The van der Waals surface area contributed by atoms with Crippen molar-refractivity contribution in [3.8, 4) is 11.1 Å². The fraction of sp³-hybridized carbons (Fsp3) is 0.200. The maximum atomic E-state index is 13.2. The van der Waals surface area contributed by atoms with Gasteiger partial charge in [0.25, 0.3) is 0 Å². The molecule has 4 rings (SSSR count). The van der Waals surface area contributed by atoms with Crippen LogP contribution in [0, 0.1) is 12.1 Å². The van der Waals surface area contributed by atoms with E-state index >= 15 is 0 Å². The minimum atomic E-state index is -1.48. The smallest absolute Gasteiger partial charge is 0.341 e. The van der Waals surface area contributed by atoms with Crippen LogP contribution in [0.5, 0.6) is 0 Å². The number of carboxylic acid groups (broad SMARTS) is 1. The minimum absolute atomic E-state index is 0.142. The molecule has 1 heterocycles. The predicted molar refractivity (Wildman–Crippen MR) is 136 cm³/mol. The van der Waals surface area contributed by atoms with E-state index in [2.05, 4.69) is 25.3 Å². The molecule has 0 fully saturated rings. The molecule has 2 N–H and O–H groups in total. The van der Waals surface area contributed by atoms with Crippen LogP contribution in [-0.2, 0) is 18.6 Å². The molecule has 0 spiro atoms. The van der Waals surface area contributed by atoms with Crippen LogP contribution >= 0.6 is 0 Å². The number of carboxylic acids is 1. The summed E-state index contributed by atoms with van der Waals surface area (Å²) in [6, 6.07) is 19.4. The number of pyridine rings is 1. The number of hydrogen-bond acceptors (Lipinski definition) is 3. The second-order valence-electron chi connectivity index (χ2n) is 8.86. The Balaban J connectivity index is 1.75. The second-order valence-corrected chi connectivity index (χ2v) is 8.86. The Morgan fingerprint density at radius 2 is 1.94 bits per heavy atom. The van der Waals surface area contributed by atoms with Crippen molar-refractivity contribution in [3.05, 3.63) is 130 Å². The molecule has 0 saturated carbocycles. The van der Waals surface area contributed by atoms with Crippen LogP contribution in [0.1, 0.15) is 46.4 Å². The molecule has 1 aliphatic rings.